The highest BCUT2D eigenvalue weighted by Crippen LogP contribution is 2.20. The second-order valence-corrected chi connectivity index (χ2v) is 5.05. The predicted molar refractivity (Wildman–Crippen MR) is 78.2 cm³/mol. The summed E-state index contributed by atoms with van der Waals surface area (Å²) in [5.74, 6) is -1.11. The number of rotatable bonds is 4. The first kappa shape index (κ1) is 15.7. The van der Waals surface area contributed by atoms with Crippen molar-refractivity contribution in [3.63, 3.8) is 0 Å². The minimum Gasteiger partial charge on any atom is -0.452 e. The predicted octanol–water partition coefficient (Wildman–Crippen LogP) is 1.35. The maximum Gasteiger partial charge on any atom is 0.341 e. The number of amides is 1. The van der Waals surface area contributed by atoms with Crippen LogP contribution < -0.4 is 5.73 Å². The highest BCUT2D eigenvalue weighted by atomic mass is 16.6. The molecule has 118 valence electrons. The van der Waals surface area contributed by atoms with Gasteiger partial charge in [0.1, 0.15) is 0 Å². The zero-order chi connectivity index (χ0) is 16.1. The maximum absolute atomic E-state index is 11.9. The summed E-state index contributed by atoms with van der Waals surface area (Å²) in [5.41, 5.74) is 5.32. The molecule has 1 aromatic carbocycles. The summed E-state index contributed by atoms with van der Waals surface area (Å²) in [4.78, 5) is 35.6. The van der Waals surface area contributed by atoms with Crippen molar-refractivity contribution in [3.05, 3.63) is 33.9 Å². The minimum atomic E-state index is -0.841. The van der Waals surface area contributed by atoms with Crippen molar-refractivity contribution >= 4 is 23.3 Å². The van der Waals surface area contributed by atoms with Crippen LogP contribution in [0.1, 0.15) is 29.6 Å². The SMILES string of the molecule is Nc1ccc([N+](=O)[O-])cc1C(=O)OCC(=O)N1CCCCC1. The molecule has 0 unspecified atom stereocenters. The van der Waals surface area contributed by atoms with Gasteiger partial charge in [0.2, 0.25) is 0 Å². The van der Waals surface area contributed by atoms with Crippen molar-refractivity contribution in [2.45, 2.75) is 19.3 Å². The zero-order valence-electron chi connectivity index (χ0n) is 12.0. The molecule has 1 aliphatic heterocycles. The number of nitro benzene ring substituents is 1. The topological polar surface area (TPSA) is 116 Å². The molecule has 1 heterocycles. The third kappa shape index (κ3) is 3.72. The molecule has 8 heteroatoms. The lowest BCUT2D eigenvalue weighted by Gasteiger charge is -2.26. The fourth-order valence-electron chi connectivity index (χ4n) is 2.27. The Morgan fingerprint density at radius 3 is 2.59 bits per heavy atom. The smallest absolute Gasteiger partial charge is 0.341 e. The number of non-ortho nitro benzene ring substituents is 1. The average Bonchev–Trinajstić information content (AvgIpc) is 2.53. The molecule has 0 aromatic heterocycles. The third-order valence-corrected chi connectivity index (χ3v) is 3.50. The molecule has 1 amide bonds. The van der Waals surface area contributed by atoms with E-state index in [1.165, 1.54) is 12.1 Å². The molecule has 1 fully saturated rings. The van der Waals surface area contributed by atoms with Crippen LogP contribution in [-0.4, -0.2) is 41.4 Å². The first-order valence-electron chi connectivity index (χ1n) is 6.98. The van der Waals surface area contributed by atoms with Crippen LogP contribution in [0.2, 0.25) is 0 Å². The number of nitrogens with zero attached hydrogens (tertiary/aromatic N) is 2. The average molecular weight is 307 g/mol. The van der Waals surface area contributed by atoms with E-state index in [9.17, 15) is 19.7 Å². The number of piperidine rings is 1. The molecular formula is C14H17N3O5. The maximum atomic E-state index is 11.9. The van der Waals surface area contributed by atoms with Gasteiger partial charge in [0.15, 0.2) is 6.61 Å². The van der Waals surface area contributed by atoms with E-state index in [-0.39, 0.29) is 29.5 Å². The van der Waals surface area contributed by atoms with E-state index in [1.807, 2.05) is 0 Å². The second-order valence-electron chi connectivity index (χ2n) is 5.05. The van der Waals surface area contributed by atoms with Crippen LogP contribution in [0, 0.1) is 10.1 Å². The number of hydrogen-bond acceptors (Lipinski definition) is 6. The molecule has 2 N–H and O–H groups in total. The van der Waals surface area contributed by atoms with Gasteiger partial charge in [-0.3, -0.25) is 14.9 Å². The molecule has 22 heavy (non-hydrogen) atoms. The van der Waals surface area contributed by atoms with Gasteiger partial charge in [-0.25, -0.2) is 4.79 Å². The Bertz CT molecular complexity index is 596. The minimum absolute atomic E-state index is 0.0704. The number of benzene rings is 1. The standard InChI is InChI=1S/C14H17N3O5/c15-12-5-4-10(17(20)21)8-11(12)14(19)22-9-13(18)16-6-2-1-3-7-16/h4-5,8H,1-3,6-7,9,15H2. The fraction of sp³-hybridized carbons (Fsp3) is 0.429. The van der Waals surface area contributed by atoms with Crippen LogP contribution in [0.5, 0.6) is 0 Å². The lowest BCUT2D eigenvalue weighted by Crippen LogP contribution is -2.38. The van der Waals surface area contributed by atoms with Crippen LogP contribution in [0.15, 0.2) is 18.2 Å². The normalized spacial score (nSPS) is 14.5. The highest BCUT2D eigenvalue weighted by Gasteiger charge is 2.20. The molecule has 0 saturated carbocycles. The first-order chi connectivity index (χ1) is 10.5. The van der Waals surface area contributed by atoms with Crippen molar-refractivity contribution in [3.8, 4) is 0 Å². The Morgan fingerprint density at radius 1 is 1.27 bits per heavy atom. The molecule has 0 bridgehead atoms. The summed E-state index contributed by atoms with van der Waals surface area (Å²) in [5, 5.41) is 10.7. The summed E-state index contributed by atoms with van der Waals surface area (Å²) >= 11 is 0. The van der Waals surface area contributed by atoms with Gasteiger partial charge < -0.3 is 15.4 Å². The summed E-state index contributed by atoms with van der Waals surface area (Å²) < 4.78 is 4.93. The largest absolute Gasteiger partial charge is 0.452 e. The number of carbonyl (C=O) groups is 2. The van der Waals surface area contributed by atoms with Crippen molar-refractivity contribution in [2.24, 2.45) is 0 Å². The van der Waals surface area contributed by atoms with Crippen LogP contribution in [0.3, 0.4) is 0 Å². The van der Waals surface area contributed by atoms with E-state index in [4.69, 9.17) is 10.5 Å². The molecule has 2 rings (SSSR count). The van der Waals surface area contributed by atoms with Gasteiger partial charge in [-0.2, -0.15) is 0 Å². The Labute approximate surface area is 127 Å². The number of esters is 1. The van der Waals surface area contributed by atoms with Gasteiger partial charge >= 0.3 is 5.97 Å². The van der Waals surface area contributed by atoms with E-state index >= 15 is 0 Å². The monoisotopic (exact) mass is 307 g/mol. The van der Waals surface area contributed by atoms with Gasteiger partial charge in [0.25, 0.3) is 11.6 Å². The molecule has 1 saturated heterocycles. The number of ether oxygens (including phenoxy) is 1. The van der Waals surface area contributed by atoms with Gasteiger partial charge in [-0.1, -0.05) is 0 Å². The summed E-state index contributed by atoms with van der Waals surface area (Å²) in [6.07, 6.45) is 2.98. The molecule has 0 aliphatic carbocycles. The summed E-state index contributed by atoms with van der Waals surface area (Å²) in [6, 6.07) is 3.51. The van der Waals surface area contributed by atoms with Crippen molar-refractivity contribution in [1.29, 1.82) is 0 Å². The number of carbonyl (C=O) groups excluding carboxylic acids is 2. The van der Waals surface area contributed by atoms with Crippen LogP contribution in [0.25, 0.3) is 0 Å². The number of nitrogens with two attached hydrogens (primary N) is 1. The number of anilines is 1. The Kier molecular flexibility index (Phi) is 4.92. The van der Waals surface area contributed by atoms with Gasteiger partial charge in [0.05, 0.1) is 10.5 Å². The Morgan fingerprint density at radius 2 is 1.95 bits per heavy atom. The molecule has 0 radical (unpaired) electrons. The van der Waals surface area contributed by atoms with Crippen LogP contribution in [0.4, 0.5) is 11.4 Å². The second kappa shape index (κ2) is 6.88. The molecule has 0 spiro atoms. The lowest BCUT2D eigenvalue weighted by atomic mass is 10.1. The van der Waals surface area contributed by atoms with Gasteiger partial charge in [-0.05, 0) is 25.3 Å². The van der Waals surface area contributed by atoms with E-state index in [1.54, 1.807) is 4.90 Å². The van der Waals surface area contributed by atoms with E-state index in [2.05, 4.69) is 0 Å². The Balaban J connectivity index is 1.98. The molecule has 1 aliphatic rings. The number of likely N-dealkylation sites (tertiary alicyclic amines) is 1. The summed E-state index contributed by atoms with van der Waals surface area (Å²) in [6.45, 7) is 0.936. The van der Waals surface area contributed by atoms with E-state index in [0.29, 0.717) is 13.1 Å². The molecular weight excluding hydrogens is 290 g/mol. The van der Waals surface area contributed by atoms with Crippen molar-refractivity contribution < 1.29 is 19.2 Å². The van der Waals surface area contributed by atoms with Gasteiger partial charge in [0, 0.05) is 30.9 Å². The van der Waals surface area contributed by atoms with Crippen LogP contribution in [-0.2, 0) is 9.53 Å². The fourth-order valence-corrected chi connectivity index (χ4v) is 2.27. The zero-order valence-corrected chi connectivity index (χ0v) is 12.0. The van der Waals surface area contributed by atoms with Crippen molar-refractivity contribution in [1.82, 2.24) is 4.90 Å². The Hall–Kier alpha value is -2.64. The lowest BCUT2D eigenvalue weighted by molar-refractivity contribution is -0.384. The first-order valence-corrected chi connectivity index (χ1v) is 6.98. The van der Waals surface area contributed by atoms with Crippen molar-refractivity contribution in [2.75, 3.05) is 25.4 Å². The quantitative estimate of drug-likeness (QED) is 0.388. The van der Waals surface area contributed by atoms with Crippen LogP contribution >= 0.6 is 0 Å². The number of nitrogen functional groups attached to an aromatic ring is 1. The number of nitro groups is 1. The van der Waals surface area contributed by atoms with Gasteiger partial charge in [-0.15, -0.1) is 0 Å². The van der Waals surface area contributed by atoms with E-state index in [0.717, 1.165) is 25.3 Å². The molecule has 1 aromatic rings. The van der Waals surface area contributed by atoms with E-state index < -0.39 is 10.9 Å². The molecule has 8 nitrogen and oxygen atoms in total. The summed E-state index contributed by atoms with van der Waals surface area (Å²) in [7, 11) is 0. The molecule has 0 atom stereocenters. The highest BCUT2D eigenvalue weighted by molar-refractivity contribution is 5.97. The number of hydrogen-bond donors (Lipinski definition) is 1. The third-order valence-electron chi connectivity index (χ3n) is 3.50.